The van der Waals surface area contributed by atoms with Crippen molar-refractivity contribution < 1.29 is 14.0 Å². The summed E-state index contributed by atoms with van der Waals surface area (Å²) < 4.78 is 13.0. The lowest BCUT2D eigenvalue weighted by Gasteiger charge is -2.02. The number of Topliss-reactive ketones (excluding diaryl/α,β-unsaturated/α-hetero) is 1. The number of halogens is 2. The van der Waals surface area contributed by atoms with Gasteiger partial charge in [-0.05, 0) is 48.5 Å². The Morgan fingerprint density at radius 1 is 1.04 bits per heavy atom. The summed E-state index contributed by atoms with van der Waals surface area (Å²) in [6, 6.07) is 12.5. The maximum atomic E-state index is 13.0. The molecule has 1 N–H and O–H groups in total. The van der Waals surface area contributed by atoms with Crippen molar-refractivity contribution in [2.75, 3.05) is 5.32 Å². The minimum absolute atomic E-state index is 0.0624. The molecule has 0 bridgehead atoms. The first-order valence-corrected chi connectivity index (χ1v) is 9.07. The number of amides is 1. The second kappa shape index (κ2) is 8.21. The highest BCUT2D eigenvalue weighted by atomic mass is 35.5. The molecular weight excluding hydrogens is 375 g/mol. The zero-order chi connectivity index (χ0) is 18.5. The van der Waals surface area contributed by atoms with E-state index in [1.165, 1.54) is 23.5 Å². The van der Waals surface area contributed by atoms with Crippen molar-refractivity contribution in [3.05, 3.63) is 70.3 Å². The summed E-state index contributed by atoms with van der Waals surface area (Å²) in [4.78, 5) is 28.4. The van der Waals surface area contributed by atoms with Gasteiger partial charge < -0.3 is 5.32 Å². The third-order valence-electron chi connectivity index (χ3n) is 3.64. The van der Waals surface area contributed by atoms with Crippen LogP contribution in [0.1, 0.15) is 23.2 Å². The third kappa shape index (κ3) is 4.74. The van der Waals surface area contributed by atoms with Crippen LogP contribution in [0, 0.1) is 5.82 Å². The van der Waals surface area contributed by atoms with Crippen molar-refractivity contribution in [1.82, 2.24) is 4.98 Å². The Kier molecular flexibility index (Phi) is 5.75. The standard InChI is InChI=1S/C19H14ClFN2O2S/c20-14-5-1-13(2-6-14)17(24)9-10-18(25)23-19-22-16(11-26-19)12-3-7-15(21)8-4-12/h1-8,11H,9-10H2,(H,22,23,25). The Morgan fingerprint density at radius 3 is 2.42 bits per heavy atom. The van der Waals surface area contributed by atoms with Crippen LogP contribution in [0.2, 0.25) is 5.02 Å². The van der Waals surface area contributed by atoms with E-state index in [4.69, 9.17) is 11.6 Å². The normalized spacial score (nSPS) is 10.5. The first-order chi connectivity index (χ1) is 12.5. The Balaban J connectivity index is 1.54. The van der Waals surface area contributed by atoms with Crippen LogP contribution in [0.15, 0.2) is 53.9 Å². The van der Waals surface area contributed by atoms with Gasteiger partial charge in [0.15, 0.2) is 10.9 Å². The highest BCUT2D eigenvalue weighted by Crippen LogP contribution is 2.25. The van der Waals surface area contributed by atoms with Crippen LogP contribution >= 0.6 is 22.9 Å². The number of anilines is 1. The summed E-state index contributed by atoms with van der Waals surface area (Å²) in [7, 11) is 0. The second-order valence-electron chi connectivity index (χ2n) is 5.52. The second-order valence-corrected chi connectivity index (χ2v) is 6.82. The van der Waals surface area contributed by atoms with Gasteiger partial charge in [-0.1, -0.05) is 11.6 Å². The number of ketones is 1. The summed E-state index contributed by atoms with van der Waals surface area (Å²) in [5, 5.41) is 5.45. The van der Waals surface area contributed by atoms with Crippen LogP contribution in [0.5, 0.6) is 0 Å². The summed E-state index contributed by atoms with van der Waals surface area (Å²) >= 11 is 7.06. The van der Waals surface area contributed by atoms with Gasteiger partial charge in [0.25, 0.3) is 0 Å². The number of hydrogen-bond donors (Lipinski definition) is 1. The van der Waals surface area contributed by atoms with Crippen molar-refractivity contribution in [1.29, 1.82) is 0 Å². The molecule has 1 aromatic heterocycles. The maximum absolute atomic E-state index is 13.0. The largest absolute Gasteiger partial charge is 0.302 e. The molecule has 132 valence electrons. The fourth-order valence-electron chi connectivity index (χ4n) is 2.27. The minimum atomic E-state index is -0.317. The topological polar surface area (TPSA) is 59.1 Å². The van der Waals surface area contributed by atoms with E-state index in [0.29, 0.717) is 21.4 Å². The van der Waals surface area contributed by atoms with E-state index in [-0.39, 0.29) is 30.3 Å². The van der Waals surface area contributed by atoms with Gasteiger partial charge in [-0.15, -0.1) is 11.3 Å². The molecule has 0 aliphatic carbocycles. The molecule has 2 aromatic carbocycles. The van der Waals surface area contributed by atoms with Gasteiger partial charge in [0.2, 0.25) is 5.91 Å². The molecule has 0 fully saturated rings. The average molecular weight is 389 g/mol. The molecule has 3 aromatic rings. The van der Waals surface area contributed by atoms with E-state index in [1.807, 2.05) is 0 Å². The first-order valence-electron chi connectivity index (χ1n) is 7.81. The molecule has 0 atom stereocenters. The number of carbonyl (C=O) groups excluding carboxylic acids is 2. The number of aromatic nitrogens is 1. The fraction of sp³-hybridized carbons (Fsp3) is 0.105. The lowest BCUT2D eigenvalue weighted by atomic mass is 10.1. The Labute approximate surface area is 158 Å². The number of nitrogens with zero attached hydrogens (tertiary/aromatic N) is 1. The predicted molar refractivity (Wildman–Crippen MR) is 101 cm³/mol. The fourth-order valence-corrected chi connectivity index (χ4v) is 3.14. The van der Waals surface area contributed by atoms with Crippen LogP contribution in [-0.2, 0) is 4.79 Å². The molecule has 0 unspecified atom stereocenters. The van der Waals surface area contributed by atoms with Crippen LogP contribution in [0.25, 0.3) is 11.3 Å². The Hall–Kier alpha value is -2.57. The smallest absolute Gasteiger partial charge is 0.226 e. The van der Waals surface area contributed by atoms with Gasteiger partial charge in [0.05, 0.1) is 5.69 Å². The van der Waals surface area contributed by atoms with Crippen LogP contribution in [-0.4, -0.2) is 16.7 Å². The van der Waals surface area contributed by atoms with Gasteiger partial charge in [0.1, 0.15) is 5.82 Å². The molecule has 26 heavy (non-hydrogen) atoms. The Morgan fingerprint density at radius 2 is 1.73 bits per heavy atom. The van der Waals surface area contributed by atoms with Crippen molar-refractivity contribution >= 4 is 39.8 Å². The number of benzene rings is 2. The highest BCUT2D eigenvalue weighted by molar-refractivity contribution is 7.14. The van der Waals surface area contributed by atoms with E-state index >= 15 is 0 Å². The quantitative estimate of drug-likeness (QED) is 0.590. The zero-order valence-electron chi connectivity index (χ0n) is 13.5. The van der Waals surface area contributed by atoms with E-state index in [1.54, 1.807) is 41.8 Å². The van der Waals surface area contributed by atoms with Crippen molar-refractivity contribution in [2.24, 2.45) is 0 Å². The lowest BCUT2D eigenvalue weighted by Crippen LogP contribution is -2.13. The highest BCUT2D eigenvalue weighted by Gasteiger charge is 2.12. The van der Waals surface area contributed by atoms with Gasteiger partial charge in [-0.3, -0.25) is 9.59 Å². The number of thiazole rings is 1. The van der Waals surface area contributed by atoms with Crippen LogP contribution in [0.3, 0.4) is 0 Å². The van der Waals surface area contributed by atoms with Gasteiger partial charge in [-0.2, -0.15) is 0 Å². The van der Waals surface area contributed by atoms with Crippen LogP contribution in [0.4, 0.5) is 9.52 Å². The monoisotopic (exact) mass is 388 g/mol. The molecule has 0 saturated heterocycles. The molecule has 3 rings (SSSR count). The zero-order valence-corrected chi connectivity index (χ0v) is 15.1. The van der Waals surface area contributed by atoms with Crippen molar-refractivity contribution in [3.8, 4) is 11.3 Å². The predicted octanol–water partition coefficient (Wildman–Crippen LogP) is 5.20. The van der Waals surface area contributed by atoms with Gasteiger partial charge in [0, 0.05) is 34.4 Å². The molecule has 4 nitrogen and oxygen atoms in total. The number of rotatable bonds is 6. The summed E-state index contributed by atoms with van der Waals surface area (Å²) in [5.41, 5.74) is 1.94. The molecule has 0 radical (unpaired) electrons. The molecule has 1 amide bonds. The first kappa shape index (κ1) is 18.2. The SMILES string of the molecule is O=C(CCC(=O)c1ccc(Cl)cc1)Nc1nc(-c2ccc(F)cc2)cs1. The summed E-state index contributed by atoms with van der Waals surface area (Å²) in [6.07, 6.45) is 0.163. The Bertz CT molecular complexity index is 923. The average Bonchev–Trinajstić information content (AvgIpc) is 3.09. The molecule has 7 heteroatoms. The number of hydrogen-bond acceptors (Lipinski definition) is 4. The lowest BCUT2D eigenvalue weighted by molar-refractivity contribution is -0.116. The molecule has 0 aliphatic rings. The van der Waals surface area contributed by atoms with Crippen molar-refractivity contribution in [2.45, 2.75) is 12.8 Å². The summed E-state index contributed by atoms with van der Waals surface area (Å²) in [6.45, 7) is 0. The summed E-state index contributed by atoms with van der Waals surface area (Å²) in [5.74, 6) is -0.724. The maximum Gasteiger partial charge on any atom is 0.226 e. The van der Waals surface area contributed by atoms with Crippen molar-refractivity contribution in [3.63, 3.8) is 0 Å². The van der Waals surface area contributed by atoms with E-state index < -0.39 is 0 Å². The molecule has 0 spiro atoms. The number of nitrogens with one attached hydrogen (secondary N) is 1. The van der Waals surface area contributed by atoms with Gasteiger partial charge >= 0.3 is 0 Å². The van der Waals surface area contributed by atoms with E-state index in [0.717, 1.165) is 5.56 Å². The molecule has 0 aliphatic heterocycles. The minimum Gasteiger partial charge on any atom is -0.302 e. The third-order valence-corrected chi connectivity index (χ3v) is 4.65. The molecular formula is C19H14ClFN2O2S. The van der Waals surface area contributed by atoms with E-state index in [9.17, 15) is 14.0 Å². The molecule has 0 saturated carbocycles. The van der Waals surface area contributed by atoms with Gasteiger partial charge in [-0.25, -0.2) is 9.37 Å². The number of carbonyl (C=O) groups is 2. The van der Waals surface area contributed by atoms with Crippen LogP contribution < -0.4 is 5.32 Å². The van der Waals surface area contributed by atoms with E-state index in [2.05, 4.69) is 10.3 Å². The molecule has 1 heterocycles.